The van der Waals surface area contributed by atoms with Crippen LogP contribution in [0.5, 0.6) is 0 Å². The predicted octanol–water partition coefficient (Wildman–Crippen LogP) is 2.53. The Kier molecular flexibility index (Phi) is 4.19. The Morgan fingerprint density at radius 3 is 3.14 bits per heavy atom. The number of morpholine rings is 1. The molecular weight excluding hydrogens is 288 g/mol. The van der Waals surface area contributed by atoms with Gasteiger partial charge in [-0.05, 0) is 19.1 Å². The van der Waals surface area contributed by atoms with Gasteiger partial charge in [0.25, 0.3) is 0 Å². The van der Waals surface area contributed by atoms with Crippen LogP contribution < -0.4 is 0 Å². The topological polar surface area (TPSA) is 62.7 Å². The lowest BCUT2D eigenvalue weighted by Gasteiger charge is -2.38. The maximum Gasteiger partial charge on any atom is 0.305 e. The highest BCUT2D eigenvalue weighted by Crippen LogP contribution is 2.31. The van der Waals surface area contributed by atoms with Gasteiger partial charge in [0.1, 0.15) is 5.01 Å². The van der Waals surface area contributed by atoms with Crippen molar-refractivity contribution in [2.45, 2.75) is 25.4 Å². The van der Waals surface area contributed by atoms with Crippen LogP contribution in [0.3, 0.4) is 0 Å². The van der Waals surface area contributed by atoms with E-state index in [0.29, 0.717) is 13.2 Å². The van der Waals surface area contributed by atoms with Crippen molar-refractivity contribution in [3.63, 3.8) is 0 Å². The summed E-state index contributed by atoms with van der Waals surface area (Å²) in [5.74, 6) is -0.785. The van der Waals surface area contributed by atoms with E-state index in [-0.39, 0.29) is 18.5 Å². The molecule has 112 valence electrons. The van der Waals surface area contributed by atoms with Gasteiger partial charge in [-0.3, -0.25) is 9.69 Å². The molecule has 1 N–H and O–H groups in total. The first-order valence-corrected chi connectivity index (χ1v) is 7.87. The number of aliphatic carboxylic acids is 1. The second-order valence-corrected chi connectivity index (χ2v) is 6.32. The number of carboxylic acid groups (broad SMARTS) is 1. The molecule has 1 aliphatic rings. The molecule has 1 aromatic heterocycles. The van der Waals surface area contributed by atoms with E-state index in [0.717, 1.165) is 17.1 Å². The quantitative estimate of drug-likeness (QED) is 0.940. The second kappa shape index (κ2) is 6.09. The minimum absolute atomic E-state index is 0.0849. The standard InChI is InChI=1S/C15H18N2O3S/c1-10(15-16-12-4-2-3-5-13(12)21-15)17-6-7-20-9-11(17)8-14(18)19/h2-5,10-11H,6-9H2,1H3,(H,18,19). The smallest absolute Gasteiger partial charge is 0.305 e. The molecule has 6 heteroatoms. The monoisotopic (exact) mass is 306 g/mol. The second-order valence-electron chi connectivity index (χ2n) is 5.26. The highest BCUT2D eigenvalue weighted by atomic mass is 32.1. The zero-order chi connectivity index (χ0) is 14.8. The highest BCUT2D eigenvalue weighted by molar-refractivity contribution is 7.18. The third kappa shape index (κ3) is 3.07. The van der Waals surface area contributed by atoms with Gasteiger partial charge in [0.2, 0.25) is 0 Å². The maximum absolute atomic E-state index is 11.0. The SMILES string of the molecule is CC(c1nc2ccccc2s1)N1CCOCC1CC(=O)O. The number of nitrogens with zero attached hydrogens (tertiary/aromatic N) is 2. The fourth-order valence-corrected chi connectivity index (χ4v) is 3.81. The Morgan fingerprint density at radius 1 is 1.57 bits per heavy atom. The minimum Gasteiger partial charge on any atom is -0.481 e. The van der Waals surface area contributed by atoms with Gasteiger partial charge in [0.05, 0.1) is 35.9 Å². The predicted molar refractivity (Wildman–Crippen MR) is 81.6 cm³/mol. The Bertz CT molecular complexity index is 610. The lowest BCUT2D eigenvalue weighted by Crippen LogP contribution is -2.47. The molecule has 3 rings (SSSR count). The molecule has 5 nitrogen and oxygen atoms in total. The summed E-state index contributed by atoms with van der Waals surface area (Å²) >= 11 is 1.68. The van der Waals surface area contributed by atoms with Crippen molar-refractivity contribution in [1.29, 1.82) is 0 Å². The molecule has 2 atom stereocenters. The van der Waals surface area contributed by atoms with Crippen molar-refractivity contribution in [3.8, 4) is 0 Å². The number of rotatable bonds is 4. The normalized spacial score (nSPS) is 21.5. The number of aromatic nitrogens is 1. The summed E-state index contributed by atoms with van der Waals surface area (Å²) < 4.78 is 6.61. The van der Waals surface area contributed by atoms with Gasteiger partial charge in [-0.1, -0.05) is 12.1 Å². The Balaban J connectivity index is 1.84. The van der Waals surface area contributed by atoms with Crippen LogP contribution in [0.4, 0.5) is 0 Å². The van der Waals surface area contributed by atoms with Gasteiger partial charge in [-0.2, -0.15) is 0 Å². The third-order valence-electron chi connectivity index (χ3n) is 3.85. The average Bonchev–Trinajstić information content (AvgIpc) is 2.90. The van der Waals surface area contributed by atoms with Gasteiger partial charge < -0.3 is 9.84 Å². The summed E-state index contributed by atoms with van der Waals surface area (Å²) in [5.41, 5.74) is 1.01. The first kappa shape index (κ1) is 14.4. The fourth-order valence-electron chi connectivity index (χ4n) is 2.77. The molecule has 2 unspecified atom stereocenters. The Labute approximate surface area is 127 Å². The van der Waals surface area contributed by atoms with Crippen LogP contribution in [0.25, 0.3) is 10.2 Å². The van der Waals surface area contributed by atoms with Crippen molar-refractivity contribution in [2.75, 3.05) is 19.8 Å². The number of fused-ring (bicyclic) bond motifs is 1. The molecule has 1 aromatic carbocycles. The Hall–Kier alpha value is -1.50. The molecular formula is C15H18N2O3S. The first-order chi connectivity index (χ1) is 10.1. The van der Waals surface area contributed by atoms with Crippen molar-refractivity contribution in [1.82, 2.24) is 9.88 Å². The zero-order valence-corrected chi connectivity index (χ0v) is 12.7. The molecule has 2 aromatic rings. The molecule has 21 heavy (non-hydrogen) atoms. The number of hydrogen-bond acceptors (Lipinski definition) is 5. The molecule has 0 radical (unpaired) electrons. The van der Waals surface area contributed by atoms with Crippen molar-refractivity contribution >= 4 is 27.5 Å². The van der Waals surface area contributed by atoms with Crippen molar-refractivity contribution < 1.29 is 14.6 Å². The summed E-state index contributed by atoms with van der Waals surface area (Å²) in [6.07, 6.45) is 0.106. The van der Waals surface area contributed by atoms with E-state index < -0.39 is 5.97 Å². The average molecular weight is 306 g/mol. The summed E-state index contributed by atoms with van der Waals surface area (Å²) in [7, 11) is 0. The minimum atomic E-state index is -0.785. The molecule has 2 heterocycles. The van der Waals surface area contributed by atoms with E-state index in [4.69, 9.17) is 14.8 Å². The van der Waals surface area contributed by atoms with Crippen LogP contribution in [0.15, 0.2) is 24.3 Å². The van der Waals surface area contributed by atoms with E-state index in [1.807, 2.05) is 18.2 Å². The van der Waals surface area contributed by atoms with Crippen LogP contribution in [0.2, 0.25) is 0 Å². The summed E-state index contributed by atoms with van der Waals surface area (Å²) in [4.78, 5) is 17.9. The number of ether oxygens (including phenoxy) is 1. The number of thiazole rings is 1. The summed E-state index contributed by atoms with van der Waals surface area (Å²) in [5, 5.41) is 10.1. The van der Waals surface area contributed by atoms with Crippen LogP contribution in [0, 0.1) is 0 Å². The van der Waals surface area contributed by atoms with Crippen LogP contribution >= 0.6 is 11.3 Å². The zero-order valence-electron chi connectivity index (χ0n) is 11.9. The fraction of sp³-hybridized carbons (Fsp3) is 0.467. The summed E-state index contributed by atoms with van der Waals surface area (Å²) in [6, 6.07) is 8.09. The van der Waals surface area contributed by atoms with Gasteiger partial charge in [0.15, 0.2) is 0 Å². The number of carbonyl (C=O) groups is 1. The Morgan fingerprint density at radius 2 is 2.38 bits per heavy atom. The largest absolute Gasteiger partial charge is 0.481 e. The van der Waals surface area contributed by atoms with Gasteiger partial charge >= 0.3 is 5.97 Å². The first-order valence-electron chi connectivity index (χ1n) is 7.06. The van der Waals surface area contributed by atoms with E-state index in [2.05, 4.69) is 17.9 Å². The van der Waals surface area contributed by atoms with Gasteiger partial charge in [0, 0.05) is 12.6 Å². The lowest BCUT2D eigenvalue weighted by molar-refractivity contribution is -0.140. The van der Waals surface area contributed by atoms with Crippen LogP contribution in [-0.2, 0) is 9.53 Å². The van der Waals surface area contributed by atoms with Gasteiger partial charge in [-0.25, -0.2) is 4.98 Å². The molecule has 0 amide bonds. The van der Waals surface area contributed by atoms with E-state index >= 15 is 0 Å². The molecule has 0 saturated carbocycles. The molecule has 1 fully saturated rings. The highest BCUT2D eigenvalue weighted by Gasteiger charge is 2.30. The number of carboxylic acids is 1. The molecule has 1 aliphatic heterocycles. The summed E-state index contributed by atoms with van der Waals surface area (Å²) in [6.45, 7) is 3.96. The van der Waals surface area contributed by atoms with Crippen LogP contribution in [0.1, 0.15) is 24.4 Å². The number of para-hydroxylation sites is 1. The molecule has 1 saturated heterocycles. The van der Waals surface area contributed by atoms with E-state index in [1.165, 1.54) is 4.70 Å². The number of hydrogen-bond donors (Lipinski definition) is 1. The maximum atomic E-state index is 11.0. The molecule has 0 bridgehead atoms. The third-order valence-corrected chi connectivity index (χ3v) is 5.06. The lowest BCUT2D eigenvalue weighted by atomic mass is 10.1. The van der Waals surface area contributed by atoms with E-state index in [1.54, 1.807) is 11.3 Å². The van der Waals surface area contributed by atoms with Crippen LogP contribution in [-0.4, -0.2) is 46.8 Å². The van der Waals surface area contributed by atoms with Gasteiger partial charge in [-0.15, -0.1) is 11.3 Å². The van der Waals surface area contributed by atoms with Crippen molar-refractivity contribution in [3.05, 3.63) is 29.3 Å². The molecule has 0 spiro atoms. The van der Waals surface area contributed by atoms with Crippen molar-refractivity contribution in [2.24, 2.45) is 0 Å². The number of benzene rings is 1. The molecule has 0 aliphatic carbocycles. The van der Waals surface area contributed by atoms with E-state index in [9.17, 15) is 4.79 Å².